The zero-order valence-corrected chi connectivity index (χ0v) is 10.6. The fourth-order valence-electron chi connectivity index (χ4n) is 1.40. The second kappa shape index (κ2) is 5.28. The van der Waals surface area contributed by atoms with Gasteiger partial charge >= 0.3 is 0 Å². The van der Waals surface area contributed by atoms with E-state index in [4.69, 9.17) is 5.26 Å². The van der Waals surface area contributed by atoms with Crippen LogP contribution in [-0.4, -0.2) is 13.7 Å². The molecule has 1 aromatic carbocycles. The monoisotopic (exact) mass is 255 g/mol. The van der Waals surface area contributed by atoms with Gasteiger partial charge in [0.15, 0.2) is 9.84 Å². The Morgan fingerprint density at radius 1 is 1.47 bits per heavy atom. The first kappa shape index (κ1) is 13.7. The van der Waals surface area contributed by atoms with E-state index < -0.39 is 20.9 Å². The zero-order chi connectivity index (χ0) is 13.1. The molecule has 92 valence electrons. The van der Waals surface area contributed by atoms with Gasteiger partial charge in [-0.05, 0) is 37.1 Å². The van der Waals surface area contributed by atoms with Crippen LogP contribution in [0.1, 0.15) is 31.4 Å². The first-order valence-corrected chi connectivity index (χ1v) is 7.02. The molecule has 3 nitrogen and oxygen atoms in total. The molecule has 0 saturated carbocycles. The van der Waals surface area contributed by atoms with Crippen molar-refractivity contribution >= 4 is 9.84 Å². The van der Waals surface area contributed by atoms with Crippen LogP contribution in [0.15, 0.2) is 18.2 Å². The van der Waals surface area contributed by atoms with Crippen LogP contribution in [0.4, 0.5) is 4.39 Å². The average molecular weight is 255 g/mol. The molecule has 0 aliphatic heterocycles. The Kier molecular flexibility index (Phi) is 4.24. The van der Waals surface area contributed by atoms with Gasteiger partial charge in [0.25, 0.3) is 0 Å². The van der Waals surface area contributed by atoms with Gasteiger partial charge in [0.05, 0.1) is 22.6 Å². The summed E-state index contributed by atoms with van der Waals surface area (Å²) in [6, 6.07) is 5.43. The highest BCUT2D eigenvalue weighted by Crippen LogP contribution is 2.17. The van der Waals surface area contributed by atoms with Crippen molar-refractivity contribution in [3.8, 4) is 6.07 Å². The Hall–Kier alpha value is -1.41. The van der Waals surface area contributed by atoms with Crippen LogP contribution in [0.3, 0.4) is 0 Å². The normalized spacial score (nSPS) is 13.1. The van der Waals surface area contributed by atoms with Crippen LogP contribution in [0, 0.1) is 17.1 Å². The molecule has 1 atom stereocenters. The molecular weight excluding hydrogens is 241 g/mol. The smallest absolute Gasteiger partial charge is 0.157 e. The van der Waals surface area contributed by atoms with E-state index in [-0.39, 0.29) is 16.9 Å². The van der Waals surface area contributed by atoms with Crippen LogP contribution in [0.2, 0.25) is 0 Å². The van der Waals surface area contributed by atoms with Crippen LogP contribution in [0.25, 0.3) is 0 Å². The summed E-state index contributed by atoms with van der Waals surface area (Å²) in [5.41, 5.74) is 0.436. The van der Waals surface area contributed by atoms with E-state index >= 15 is 0 Å². The largest absolute Gasteiger partial charge is 0.228 e. The van der Waals surface area contributed by atoms with E-state index in [9.17, 15) is 12.8 Å². The number of rotatable bonds is 4. The average Bonchev–Trinajstić information content (AvgIpc) is 2.27. The van der Waals surface area contributed by atoms with Crippen molar-refractivity contribution in [2.75, 3.05) is 0 Å². The van der Waals surface area contributed by atoms with E-state index in [1.54, 1.807) is 13.8 Å². The molecule has 1 rings (SSSR count). The maximum atomic E-state index is 13.0. The van der Waals surface area contributed by atoms with Crippen molar-refractivity contribution in [3.63, 3.8) is 0 Å². The van der Waals surface area contributed by atoms with Crippen molar-refractivity contribution < 1.29 is 12.8 Å². The van der Waals surface area contributed by atoms with Gasteiger partial charge in [0, 0.05) is 0 Å². The molecule has 1 unspecified atom stereocenters. The van der Waals surface area contributed by atoms with Crippen molar-refractivity contribution in [3.05, 3.63) is 35.1 Å². The van der Waals surface area contributed by atoms with Gasteiger partial charge in [-0.1, -0.05) is 6.92 Å². The predicted octanol–water partition coefficient (Wildman–Crippen LogP) is 2.41. The Balaban J connectivity index is 3.12. The minimum atomic E-state index is -3.33. The number of nitriles is 1. The molecular formula is C12H14FNO2S. The predicted molar refractivity (Wildman–Crippen MR) is 63.5 cm³/mol. The van der Waals surface area contributed by atoms with E-state index in [2.05, 4.69) is 0 Å². The van der Waals surface area contributed by atoms with Gasteiger partial charge in [0.1, 0.15) is 5.82 Å². The molecule has 0 aliphatic carbocycles. The number of nitrogens with zero attached hydrogens (tertiary/aromatic N) is 1. The Labute approximate surface area is 101 Å². The van der Waals surface area contributed by atoms with Gasteiger partial charge in [-0.2, -0.15) is 5.26 Å². The maximum Gasteiger partial charge on any atom is 0.157 e. The lowest BCUT2D eigenvalue weighted by Crippen LogP contribution is -2.19. The Morgan fingerprint density at radius 3 is 2.65 bits per heavy atom. The SMILES string of the molecule is CCC(C)S(=O)(=O)Cc1cc(F)ccc1C#N. The highest BCUT2D eigenvalue weighted by molar-refractivity contribution is 7.91. The summed E-state index contributed by atoms with van der Waals surface area (Å²) >= 11 is 0. The number of hydrogen-bond acceptors (Lipinski definition) is 3. The molecule has 0 amide bonds. The molecule has 0 aliphatic rings. The summed E-state index contributed by atoms with van der Waals surface area (Å²) in [7, 11) is -3.33. The van der Waals surface area contributed by atoms with E-state index in [1.165, 1.54) is 6.07 Å². The molecule has 0 radical (unpaired) electrons. The fourth-order valence-corrected chi connectivity index (χ4v) is 2.87. The summed E-state index contributed by atoms with van der Waals surface area (Å²) in [5.74, 6) is -0.818. The minimum Gasteiger partial charge on any atom is -0.228 e. The van der Waals surface area contributed by atoms with Crippen LogP contribution in [0.5, 0.6) is 0 Å². The fraction of sp³-hybridized carbons (Fsp3) is 0.417. The van der Waals surface area contributed by atoms with Crippen LogP contribution in [-0.2, 0) is 15.6 Å². The van der Waals surface area contributed by atoms with E-state index in [1.807, 2.05) is 6.07 Å². The molecule has 5 heteroatoms. The molecule has 0 N–H and O–H groups in total. The summed E-state index contributed by atoms with van der Waals surface area (Å²) in [6.45, 7) is 3.39. The molecule has 0 spiro atoms. The number of benzene rings is 1. The van der Waals surface area contributed by atoms with E-state index in [0.717, 1.165) is 12.1 Å². The summed E-state index contributed by atoms with van der Waals surface area (Å²) < 4.78 is 36.8. The molecule has 17 heavy (non-hydrogen) atoms. The van der Waals surface area contributed by atoms with Gasteiger partial charge in [-0.15, -0.1) is 0 Å². The van der Waals surface area contributed by atoms with Gasteiger partial charge in [-0.25, -0.2) is 12.8 Å². The topological polar surface area (TPSA) is 57.9 Å². The second-order valence-corrected chi connectivity index (χ2v) is 6.36. The highest BCUT2D eigenvalue weighted by Gasteiger charge is 2.21. The molecule has 0 saturated heterocycles. The van der Waals surface area contributed by atoms with Crippen molar-refractivity contribution in [1.29, 1.82) is 5.26 Å². The summed E-state index contributed by atoms with van der Waals surface area (Å²) in [6.07, 6.45) is 0.500. The lowest BCUT2D eigenvalue weighted by atomic mass is 10.1. The Morgan fingerprint density at radius 2 is 2.12 bits per heavy atom. The summed E-state index contributed by atoms with van der Waals surface area (Å²) in [4.78, 5) is 0. The molecule has 0 heterocycles. The lowest BCUT2D eigenvalue weighted by Gasteiger charge is -2.11. The Bertz CT molecular complexity index is 546. The third-order valence-corrected chi connectivity index (χ3v) is 5.01. The van der Waals surface area contributed by atoms with E-state index in [0.29, 0.717) is 6.42 Å². The standard InChI is InChI=1S/C12H14FNO2S/c1-3-9(2)17(15,16)8-11-6-12(13)5-4-10(11)7-14/h4-6,9H,3,8H2,1-2H3. The number of sulfone groups is 1. The van der Waals surface area contributed by atoms with Crippen LogP contribution >= 0.6 is 0 Å². The van der Waals surface area contributed by atoms with Crippen molar-refractivity contribution in [2.24, 2.45) is 0 Å². The van der Waals surface area contributed by atoms with Crippen molar-refractivity contribution in [2.45, 2.75) is 31.3 Å². The lowest BCUT2D eigenvalue weighted by molar-refractivity contribution is 0.579. The molecule has 0 aromatic heterocycles. The second-order valence-electron chi connectivity index (χ2n) is 3.94. The highest BCUT2D eigenvalue weighted by atomic mass is 32.2. The third-order valence-electron chi connectivity index (χ3n) is 2.73. The summed E-state index contributed by atoms with van der Waals surface area (Å²) in [5, 5.41) is 8.35. The number of halogens is 1. The van der Waals surface area contributed by atoms with Crippen LogP contribution < -0.4 is 0 Å². The maximum absolute atomic E-state index is 13.0. The molecule has 1 aromatic rings. The quantitative estimate of drug-likeness (QED) is 0.830. The first-order valence-electron chi connectivity index (χ1n) is 5.30. The minimum absolute atomic E-state index is 0.207. The van der Waals surface area contributed by atoms with Crippen molar-refractivity contribution in [1.82, 2.24) is 0 Å². The molecule has 0 fully saturated rings. The van der Waals surface area contributed by atoms with Gasteiger partial charge < -0.3 is 0 Å². The third kappa shape index (κ3) is 3.27. The van der Waals surface area contributed by atoms with Gasteiger partial charge in [-0.3, -0.25) is 0 Å². The zero-order valence-electron chi connectivity index (χ0n) is 9.77. The first-order chi connectivity index (χ1) is 7.90. The molecule has 0 bridgehead atoms. The number of hydrogen-bond donors (Lipinski definition) is 0. The van der Waals surface area contributed by atoms with Gasteiger partial charge in [0.2, 0.25) is 0 Å².